The number of aromatic nitrogens is 1. The average molecular weight is 301 g/mol. The summed E-state index contributed by atoms with van der Waals surface area (Å²) >= 11 is 0. The van der Waals surface area contributed by atoms with Gasteiger partial charge in [0.1, 0.15) is 12.4 Å². The summed E-state index contributed by atoms with van der Waals surface area (Å²) in [4.78, 5) is 28.4. The van der Waals surface area contributed by atoms with Crippen LogP contribution in [0.15, 0.2) is 47.0 Å². The number of cyclic esters (lactones) is 1. The highest BCUT2D eigenvalue weighted by Crippen LogP contribution is 2.44. The van der Waals surface area contributed by atoms with E-state index in [1.807, 2.05) is 0 Å². The van der Waals surface area contributed by atoms with Gasteiger partial charge in [-0.3, -0.25) is 4.98 Å². The van der Waals surface area contributed by atoms with Gasteiger partial charge in [-0.15, -0.1) is 0 Å². The molecule has 0 radical (unpaired) electrons. The molecule has 1 aromatic rings. The van der Waals surface area contributed by atoms with Gasteiger partial charge in [0, 0.05) is 18.8 Å². The Hall–Kier alpha value is -2.63. The molecule has 1 N–H and O–H groups in total. The second kappa shape index (κ2) is 5.63. The Kier molecular flexibility index (Phi) is 3.66. The van der Waals surface area contributed by atoms with Crippen molar-refractivity contribution in [3.05, 3.63) is 52.6 Å². The van der Waals surface area contributed by atoms with Crippen molar-refractivity contribution in [2.24, 2.45) is 0 Å². The van der Waals surface area contributed by atoms with Gasteiger partial charge in [-0.25, -0.2) is 9.59 Å². The lowest BCUT2D eigenvalue weighted by Crippen LogP contribution is -2.24. The smallest absolute Gasteiger partial charge is 0.338 e. The first-order valence-corrected chi connectivity index (χ1v) is 7.01. The molecule has 0 saturated heterocycles. The van der Waals surface area contributed by atoms with Gasteiger partial charge in [0.05, 0.1) is 23.7 Å². The van der Waals surface area contributed by atoms with Crippen LogP contribution >= 0.6 is 0 Å². The topological polar surface area (TPSA) is 85.7 Å². The number of carbonyl (C=O) groups excluding carboxylic acids is 2. The zero-order chi connectivity index (χ0) is 15.7. The third-order valence-corrected chi connectivity index (χ3v) is 3.76. The summed E-state index contributed by atoms with van der Waals surface area (Å²) in [6.45, 7) is 2.02. The van der Waals surface area contributed by atoms with E-state index in [2.05, 4.69) is 4.98 Å². The summed E-state index contributed by atoms with van der Waals surface area (Å²) < 4.78 is 10.1. The minimum absolute atomic E-state index is 0.0793. The van der Waals surface area contributed by atoms with Crippen LogP contribution in [0.3, 0.4) is 0 Å². The maximum atomic E-state index is 12.3. The molecular formula is C16H15NO5. The Balaban J connectivity index is 2.13. The van der Waals surface area contributed by atoms with E-state index in [1.165, 1.54) is 0 Å². The predicted octanol–water partition coefficient (Wildman–Crippen LogP) is 1.80. The molecule has 0 aromatic carbocycles. The standard InChI is InChI=1S/C16H15NO5/c1-2-21-16(20)14-11(18)6-10-8-22-15(19)13(10)12(14)9-4-3-5-17-7-9/h3-5,7,12,18H,2,6,8H2,1H3. The number of aliphatic hydroxyl groups excluding tert-OH is 1. The fourth-order valence-electron chi connectivity index (χ4n) is 2.85. The lowest BCUT2D eigenvalue weighted by Gasteiger charge is -2.25. The number of aliphatic hydroxyl groups is 1. The zero-order valence-corrected chi connectivity index (χ0v) is 12.0. The Bertz CT molecular complexity index is 690. The van der Waals surface area contributed by atoms with E-state index in [4.69, 9.17) is 9.47 Å². The lowest BCUT2D eigenvalue weighted by atomic mass is 9.78. The molecule has 114 valence electrons. The van der Waals surface area contributed by atoms with Crippen LogP contribution in [-0.4, -0.2) is 35.2 Å². The predicted molar refractivity (Wildman–Crippen MR) is 75.9 cm³/mol. The second-order valence-corrected chi connectivity index (χ2v) is 5.07. The average Bonchev–Trinajstić information content (AvgIpc) is 2.88. The number of hydrogen-bond acceptors (Lipinski definition) is 6. The molecule has 0 saturated carbocycles. The molecule has 0 spiro atoms. The fourth-order valence-corrected chi connectivity index (χ4v) is 2.85. The largest absolute Gasteiger partial charge is 0.511 e. The quantitative estimate of drug-likeness (QED) is 0.857. The first kappa shape index (κ1) is 14.3. The molecular weight excluding hydrogens is 286 g/mol. The van der Waals surface area contributed by atoms with Gasteiger partial charge in [-0.1, -0.05) is 6.07 Å². The van der Waals surface area contributed by atoms with E-state index >= 15 is 0 Å². The van der Waals surface area contributed by atoms with Gasteiger partial charge in [0.25, 0.3) is 0 Å². The first-order chi connectivity index (χ1) is 10.6. The number of pyridine rings is 1. The molecule has 2 heterocycles. The lowest BCUT2D eigenvalue weighted by molar-refractivity contribution is -0.139. The van der Waals surface area contributed by atoms with Crippen molar-refractivity contribution in [3.8, 4) is 0 Å². The minimum Gasteiger partial charge on any atom is -0.511 e. The molecule has 6 nitrogen and oxygen atoms in total. The fraction of sp³-hybridized carbons (Fsp3) is 0.312. The molecule has 1 aromatic heterocycles. The molecule has 0 amide bonds. The van der Waals surface area contributed by atoms with Crippen molar-refractivity contribution in [3.63, 3.8) is 0 Å². The van der Waals surface area contributed by atoms with E-state index in [1.54, 1.807) is 31.5 Å². The van der Waals surface area contributed by atoms with Gasteiger partial charge < -0.3 is 14.6 Å². The normalized spacial score (nSPS) is 20.8. The second-order valence-electron chi connectivity index (χ2n) is 5.07. The molecule has 0 bridgehead atoms. The van der Waals surface area contributed by atoms with Crippen molar-refractivity contribution >= 4 is 11.9 Å². The summed E-state index contributed by atoms with van der Waals surface area (Å²) in [6.07, 6.45) is 3.30. The van der Waals surface area contributed by atoms with E-state index < -0.39 is 17.9 Å². The highest BCUT2D eigenvalue weighted by atomic mass is 16.5. The van der Waals surface area contributed by atoms with Crippen LogP contribution in [0.25, 0.3) is 0 Å². The minimum atomic E-state index is -0.702. The Morgan fingerprint density at radius 3 is 3.05 bits per heavy atom. The van der Waals surface area contributed by atoms with Crippen LogP contribution in [0.2, 0.25) is 0 Å². The monoisotopic (exact) mass is 301 g/mol. The highest BCUT2D eigenvalue weighted by Gasteiger charge is 2.42. The van der Waals surface area contributed by atoms with E-state index in [-0.39, 0.29) is 31.0 Å². The van der Waals surface area contributed by atoms with Gasteiger partial charge in [0.2, 0.25) is 0 Å². The summed E-state index contributed by atoms with van der Waals surface area (Å²) in [5.41, 5.74) is 1.84. The number of rotatable bonds is 3. The Morgan fingerprint density at radius 1 is 1.55 bits per heavy atom. The molecule has 2 aliphatic rings. The van der Waals surface area contributed by atoms with Gasteiger partial charge in [0.15, 0.2) is 0 Å². The summed E-state index contributed by atoms with van der Waals surface area (Å²) in [7, 11) is 0. The number of hydrogen-bond donors (Lipinski definition) is 1. The molecule has 6 heteroatoms. The molecule has 0 fully saturated rings. The zero-order valence-electron chi connectivity index (χ0n) is 12.0. The Labute approximate surface area is 127 Å². The molecule has 22 heavy (non-hydrogen) atoms. The van der Waals surface area contributed by atoms with Crippen LogP contribution in [0, 0.1) is 0 Å². The number of nitrogens with zero attached hydrogens (tertiary/aromatic N) is 1. The molecule has 1 unspecified atom stereocenters. The number of esters is 2. The first-order valence-electron chi connectivity index (χ1n) is 7.01. The van der Waals surface area contributed by atoms with Crippen molar-refractivity contribution in [2.45, 2.75) is 19.3 Å². The molecule has 1 aliphatic heterocycles. The third-order valence-electron chi connectivity index (χ3n) is 3.76. The van der Waals surface area contributed by atoms with Gasteiger partial charge in [-0.2, -0.15) is 0 Å². The highest BCUT2D eigenvalue weighted by molar-refractivity contribution is 6.01. The van der Waals surface area contributed by atoms with Crippen molar-refractivity contribution in [2.75, 3.05) is 13.2 Å². The number of allylic oxidation sites excluding steroid dienone is 1. The van der Waals surface area contributed by atoms with Crippen LogP contribution < -0.4 is 0 Å². The van der Waals surface area contributed by atoms with Crippen LogP contribution in [0.1, 0.15) is 24.8 Å². The maximum Gasteiger partial charge on any atom is 0.338 e. The van der Waals surface area contributed by atoms with Crippen molar-refractivity contribution in [1.82, 2.24) is 4.98 Å². The van der Waals surface area contributed by atoms with Crippen molar-refractivity contribution < 1.29 is 24.2 Å². The molecule has 1 aliphatic carbocycles. The SMILES string of the molecule is CCOC(=O)C1=C(O)CC2=C(C(=O)OC2)C1c1cccnc1. The third kappa shape index (κ3) is 2.26. The maximum absolute atomic E-state index is 12.3. The van der Waals surface area contributed by atoms with Gasteiger partial charge >= 0.3 is 11.9 Å². The van der Waals surface area contributed by atoms with Crippen LogP contribution in [0.4, 0.5) is 0 Å². The summed E-state index contributed by atoms with van der Waals surface area (Å²) in [5.74, 6) is -1.87. The van der Waals surface area contributed by atoms with Crippen LogP contribution in [-0.2, 0) is 19.1 Å². The number of carbonyl (C=O) groups is 2. The van der Waals surface area contributed by atoms with E-state index in [0.717, 1.165) is 0 Å². The number of ether oxygens (including phenoxy) is 2. The van der Waals surface area contributed by atoms with Crippen LogP contribution in [0.5, 0.6) is 0 Å². The van der Waals surface area contributed by atoms with Crippen molar-refractivity contribution in [1.29, 1.82) is 0 Å². The Morgan fingerprint density at radius 2 is 2.36 bits per heavy atom. The summed E-state index contributed by atoms with van der Waals surface area (Å²) in [5, 5.41) is 10.3. The van der Waals surface area contributed by atoms with Gasteiger partial charge in [-0.05, 0) is 24.1 Å². The van der Waals surface area contributed by atoms with E-state index in [0.29, 0.717) is 16.7 Å². The molecule has 1 atom stereocenters. The van der Waals surface area contributed by atoms with E-state index in [9.17, 15) is 14.7 Å². The summed E-state index contributed by atoms with van der Waals surface area (Å²) in [6, 6.07) is 3.47. The molecule has 3 rings (SSSR count).